The fourth-order valence-corrected chi connectivity index (χ4v) is 1.92. The quantitative estimate of drug-likeness (QED) is 0.821. The predicted octanol–water partition coefficient (Wildman–Crippen LogP) is 1.99. The molecule has 0 atom stereocenters. The summed E-state index contributed by atoms with van der Waals surface area (Å²) in [5.41, 5.74) is 3.32. The Morgan fingerprint density at radius 2 is 1.70 bits per heavy atom. The van der Waals surface area contributed by atoms with Crippen LogP contribution in [0.3, 0.4) is 0 Å². The molecule has 0 aliphatic heterocycles. The molecule has 5 nitrogen and oxygen atoms in total. The molecule has 0 aliphatic rings. The van der Waals surface area contributed by atoms with Crippen LogP contribution < -0.4 is 0 Å². The molecule has 2 rings (SSSR count). The summed E-state index contributed by atoms with van der Waals surface area (Å²) in [4.78, 5) is 7.80. The zero-order chi connectivity index (χ0) is 14.5. The predicted molar refractivity (Wildman–Crippen MR) is 70.2 cm³/mol. The van der Waals surface area contributed by atoms with Crippen LogP contribution in [-0.2, 0) is 6.42 Å². The van der Waals surface area contributed by atoms with Gasteiger partial charge in [0.15, 0.2) is 0 Å². The third-order valence-corrected chi connectivity index (χ3v) is 2.98. The number of nitriles is 3. The van der Waals surface area contributed by atoms with Gasteiger partial charge in [0.25, 0.3) is 0 Å². The van der Waals surface area contributed by atoms with E-state index in [1.54, 1.807) is 31.5 Å². The average molecular weight is 259 g/mol. The van der Waals surface area contributed by atoms with Gasteiger partial charge < -0.3 is 0 Å². The smallest absolute Gasteiger partial charge is 0.227 e. The third-order valence-electron chi connectivity index (χ3n) is 2.98. The molecule has 0 bridgehead atoms. The first kappa shape index (κ1) is 13.2. The molecular weight excluding hydrogens is 250 g/mol. The maximum atomic E-state index is 9.25. The monoisotopic (exact) mass is 259 g/mol. The molecule has 0 aliphatic carbocycles. The van der Waals surface area contributed by atoms with E-state index < -0.39 is 0 Å². The normalized spacial score (nSPS) is 9.30. The standard InChI is InChI=1S/C15H9N5/c1-10-13(5-16)3-2-12(14(10)6-17)4-11-8-19-15(7-18)20-9-11/h2-3,8-9H,4H2,1H3. The van der Waals surface area contributed by atoms with E-state index in [2.05, 4.69) is 22.1 Å². The molecule has 0 saturated heterocycles. The number of rotatable bonds is 2. The summed E-state index contributed by atoms with van der Waals surface area (Å²) in [5.74, 6) is 0.116. The van der Waals surface area contributed by atoms with Gasteiger partial charge in [-0.2, -0.15) is 15.8 Å². The van der Waals surface area contributed by atoms with E-state index in [1.165, 1.54) is 0 Å². The molecule has 0 N–H and O–H groups in total. The van der Waals surface area contributed by atoms with Crippen molar-refractivity contribution in [2.75, 3.05) is 0 Å². The van der Waals surface area contributed by atoms with Crippen molar-refractivity contribution < 1.29 is 0 Å². The van der Waals surface area contributed by atoms with Crippen LogP contribution in [0.1, 0.15) is 33.6 Å². The van der Waals surface area contributed by atoms with E-state index in [4.69, 9.17) is 10.5 Å². The van der Waals surface area contributed by atoms with Gasteiger partial charge in [-0.1, -0.05) is 6.07 Å². The molecule has 1 aromatic heterocycles. The van der Waals surface area contributed by atoms with Gasteiger partial charge in [0, 0.05) is 18.8 Å². The van der Waals surface area contributed by atoms with Crippen LogP contribution in [0.25, 0.3) is 0 Å². The minimum atomic E-state index is 0.116. The van der Waals surface area contributed by atoms with Crippen molar-refractivity contribution in [1.29, 1.82) is 15.8 Å². The molecule has 0 spiro atoms. The summed E-state index contributed by atoms with van der Waals surface area (Å²) in [5, 5.41) is 26.9. The lowest BCUT2D eigenvalue weighted by molar-refractivity contribution is 1.04. The van der Waals surface area contributed by atoms with Crippen LogP contribution in [0.4, 0.5) is 0 Å². The molecule has 0 radical (unpaired) electrons. The zero-order valence-electron chi connectivity index (χ0n) is 10.8. The Morgan fingerprint density at radius 1 is 1.00 bits per heavy atom. The molecule has 1 aromatic carbocycles. The second-order valence-corrected chi connectivity index (χ2v) is 4.20. The van der Waals surface area contributed by atoms with E-state index in [1.807, 2.05) is 6.07 Å². The molecule has 5 heteroatoms. The summed E-state index contributed by atoms with van der Waals surface area (Å²) in [6.07, 6.45) is 3.63. The first-order valence-corrected chi connectivity index (χ1v) is 5.83. The van der Waals surface area contributed by atoms with Gasteiger partial charge in [-0.05, 0) is 29.7 Å². The Balaban J connectivity index is 2.39. The zero-order valence-corrected chi connectivity index (χ0v) is 10.8. The second-order valence-electron chi connectivity index (χ2n) is 4.20. The Labute approximate surface area is 116 Å². The molecule has 2 aromatic rings. The van der Waals surface area contributed by atoms with Crippen LogP contribution in [0, 0.1) is 40.9 Å². The van der Waals surface area contributed by atoms with Crippen molar-refractivity contribution in [2.24, 2.45) is 0 Å². The van der Waals surface area contributed by atoms with Gasteiger partial charge in [-0.25, -0.2) is 9.97 Å². The van der Waals surface area contributed by atoms with Crippen LogP contribution in [-0.4, -0.2) is 9.97 Å². The van der Waals surface area contributed by atoms with Crippen molar-refractivity contribution in [3.63, 3.8) is 0 Å². The fourth-order valence-electron chi connectivity index (χ4n) is 1.92. The topological polar surface area (TPSA) is 97.2 Å². The molecule has 1 heterocycles. The number of benzene rings is 1. The van der Waals surface area contributed by atoms with E-state index in [0.29, 0.717) is 23.1 Å². The Kier molecular flexibility index (Phi) is 3.70. The molecular formula is C15H9N5. The van der Waals surface area contributed by atoms with Crippen molar-refractivity contribution in [3.05, 3.63) is 58.2 Å². The van der Waals surface area contributed by atoms with E-state index in [0.717, 1.165) is 11.1 Å². The molecule has 0 unspecified atom stereocenters. The van der Waals surface area contributed by atoms with Crippen LogP contribution in [0.2, 0.25) is 0 Å². The third kappa shape index (κ3) is 2.46. The largest absolute Gasteiger partial charge is 0.232 e. The van der Waals surface area contributed by atoms with Crippen molar-refractivity contribution in [2.45, 2.75) is 13.3 Å². The number of hydrogen-bond acceptors (Lipinski definition) is 5. The van der Waals surface area contributed by atoms with Gasteiger partial charge in [0.2, 0.25) is 5.82 Å². The number of hydrogen-bond donors (Lipinski definition) is 0. The van der Waals surface area contributed by atoms with Crippen LogP contribution >= 0.6 is 0 Å². The van der Waals surface area contributed by atoms with Gasteiger partial charge in [-0.15, -0.1) is 0 Å². The Hall–Kier alpha value is -3.23. The first-order chi connectivity index (χ1) is 9.69. The summed E-state index contributed by atoms with van der Waals surface area (Å²) >= 11 is 0. The highest BCUT2D eigenvalue weighted by atomic mass is 14.9. The minimum Gasteiger partial charge on any atom is -0.227 e. The molecule has 0 amide bonds. The highest BCUT2D eigenvalue weighted by molar-refractivity contribution is 5.52. The Morgan fingerprint density at radius 3 is 2.25 bits per heavy atom. The van der Waals surface area contributed by atoms with E-state index >= 15 is 0 Å². The number of aromatic nitrogens is 2. The van der Waals surface area contributed by atoms with Gasteiger partial charge in [0.1, 0.15) is 6.07 Å². The van der Waals surface area contributed by atoms with Gasteiger partial charge in [-0.3, -0.25) is 0 Å². The van der Waals surface area contributed by atoms with Crippen molar-refractivity contribution in [3.8, 4) is 18.2 Å². The molecule has 0 fully saturated rings. The van der Waals surface area contributed by atoms with Crippen LogP contribution in [0.15, 0.2) is 24.5 Å². The van der Waals surface area contributed by atoms with Crippen molar-refractivity contribution in [1.82, 2.24) is 9.97 Å². The molecule has 0 saturated carbocycles. The first-order valence-electron chi connectivity index (χ1n) is 5.83. The summed E-state index contributed by atoms with van der Waals surface area (Å²) < 4.78 is 0. The Bertz CT molecular complexity index is 770. The summed E-state index contributed by atoms with van der Waals surface area (Å²) in [6.45, 7) is 1.76. The lowest BCUT2D eigenvalue weighted by atomic mass is 9.95. The second kappa shape index (κ2) is 5.61. The lowest BCUT2D eigenvalue weighted by Crippen LogP contribution is -1.99. The highest BCUT2D eigenvalue weighted by Crippen LogP contribution is 2.20. The molecule has 94 valence electrons. The summed E-state index contributed by atoms with van der Waals surface area (Å²) in [7, 11) is 0. The summed E-state index contributed by atoms with van der Waals surface area (Å²) in [6, 6.07) is 9.53. The SMILES string of the molecule is Cc1c(C#N)ccc(Cc2cnc(C#N)nc2)c1C#N. The van der Waals surface area contributed by atoms with Crippen molar-refractivity contribution >= 4 is 0 Å². The minimum absolute atomic E-state index is 0.116. The molecule has 20 heavy (non-hydrogen) atoms. The average Bonchev–Trinajstić information content (AvgIpc) is 2.48. The highest BCUT2D eigenvalue weighted by Gasteiger charge is 2.10. The maximum Gasteiger partial charge on any atom is 0.232 e. The van der Waals surface area contributed by atoms with E-state index in [-0.39, 0.29) is 5.82 Å². The fraction of sp³-hybridized carbons (Fsp3) is 0.133. The van der Waals surface area contributed by atoms with Crippen LogP contribution in [0.5, 0.6) is 0 Å². The lowest BCUT2D eigenvalue weighted by Gasteiger charge is -2.07. The maximum absolute atomic E-state index is 9.25. The van der Waals surface area contributed by atoms with Gasteiger partial charge >= 0.3 is 0 Å². The number of nitrogens with zero attached hydrogens (tertiary/aromatic N) is 5. The van der Waals surface area contributed by atoms with E-state index in [9.17, 15) is 5.26 Å². The van der Waals surface area contributed by atoms with Gasteiger partial charge in [0.05, 0.1) is 23.3 Å².